The summed E-state index contributed by atoms with van der Waals surface area (Å²) in [6, 6.07) is 3.59. The van der Waals surface area contributed by atoms with Gasteiger partial charge in [-0.2, -0.15) is 18.2 Å². The van der Waals surface area contributed by atoms with Crippen LogP contribution in [-0.2, 0) is 5.54 Å². The molecule has 2 aliphatic heterocycles. The summed E-state index contributed by atoms with van der Waals surface area (Å²) >= 11 is 0. The second-order valence-electron chi connectivity index (χ2n) is 8.70. The van der Waals surface area contributed by atoms with Crippen LogP contribution in [0.2, 0.25) is 0 Å². The number of pyridine rings is 1. The Hall–Kier alpha value is -1.54. The van der Waals surface area contributed by atoms with Crippen LogP contribution in [0.3, 0.4) is 0 Å². The van der Waals surface area contributed by atoms with Crippen molar-refractivity contribution in [2.24, 2.45) is 23.5 Å². The second-order valence-corrected chi connectivity index (χ2v) is 8.70. The average molecular weight is 417 g/mol. The van der Waals surface area contributed by atoms with E-state index in [0.717, 1.165) is 17.4 Å². The summed E-state index contributed by atoms with van der Waals surface area (Å²) in [5, 5.41) is 3.32. The average Bonchev–Trinajstić information content (AvgIpc) is 3.25. The van der Waals surface area contributed by atoms with Crippen LogP contribution in [0.15, 0.2) is 12.1 Å². The molecule has 1 aromatic rings. The maximum atomic E-state index is 12.7. The third kappa shape index (κ3) is 6.22. The van der Waals surface area contributed by atoms with Crippen LogP contribution >= 0.6 is 0 Å². The minimum atomic E-state index is -4.11. The lowest BCUT2D eigenvalue weighted by Crippen LogP contribution is -2.39. The minimum absolute atomic E-state index is 0. The molecule has 3 fully saturated rings. The van der Waals surface area contributed by atoms with Crippen LogP contribution in [0.5, 0.6) is 5.88 Å². The number of nitrogens with zero attached hydrogens (tertiary/aromatic N) is 2. The molecule has 0 radical (unpaired) electrons. The number of nitrogens with one attached hydrogen (secondary N) is 1. The molecule has 4 rings (SSSR count). The Morgan fingerprint density at radius 3 is 2.10 bits per heavy atom. The fourth-order valence-electron chi connectivity index (χ4n) is 3.83. The Balaban J connectivity index is 0.000000359. The Morgan fingerprint density at radius 2 is 1.72 bits per heavy atom. The number of ether oxygens (including phenoxy) is 1. The number of halogens is 3. The molecule has 3 heterocycles. The zero-order chi connectivity index (χ0) is 20.5. The van der Waals surface area contributed by atoms with Crippen molar-refractivity contribution in [2.45, 2.75) is 52.3 Å². The van der Waals surface area contributed by atoms with Gasteiger partial charge in [0.15, 0.2) is 0 Å². The standard InChI is InChI=1S/C15H22F3N3O.C5H9N.CH4/c1-14(2,19)11-8-12(20-13(9-11)22-3)21-6-4-10(5-7-21)15(16,17)18;1-4-2-6-3-5(1)4;/h8-10H,4-7,19H2,1-3H3;4-6H,1-3H2;1H4. The number of piperidine rings is 2. The second kappa shape index (κ2) is 9.08. The molecular formula is C21H35F3N4O. The number of hydrogen-bond acceptors (Lipinski definition) is 5. The third-order valence-electron chi connectivity index (χ3n) is 5.91. The van der Waals surface area contributed by atoms with Crippen molar-refractivity contribution in [1.29, 1.82) is 0 Å². The lowest BCUT2D eigenvalue weighted by atomic mass is 9.94. The normalized spacial score (nSPS) is 24.2. The van der Waals surface area contributed by atoms with Crippen LogP contribution in [0.25, 0.3) is 0 Å². The van der Waals surface area contributed by atoms with Crippen LogP contribution in [0.4, 0.5) is 19.0 Å². The van der Waals surface area contributed by atoms with E-state index in [0.29, 0.717) is 24.8 Å². The summed E-state index contributed by atoms with van der Waals surface area (Å²) in [5.74, 6) is 2.02. The highest BCUT2D eigenvalue weighted by Gasteiger charge is 2.41. The van der Waals surface area contributed by atoms with E-state index in [-0.39, 0.29) is 20.3 Å². The fourth-order valence-corrected chi connectivity index (χ4v) is 3.83. The van der Waals surface area contributed by atoms with Crippen LogP contribution in [-0.4, -0.2) is 44.4 Å². The highest BCUT2D eigenvalue weighted by Crippen LogP contribution is 2.40. The monoisotopic (exact) mass is 416 g/mol. The number of nitrogens with two attached hydrogens (primary N) is 1. The smallest absolute Gasteiger partial charge is 0.391 e. The van der Waals surface area contributed by atoms with Gasteiger partial charge in [0.2, 0.25) is 5.88 Å². The molecule has 3 aliphatic rings. The molecule has 0 aromatic carbocycles. The molecule has 8 heteroatoms. The SMILES string of the molecule is C.C1NCC2CC12.COc1cc(C(C)(C)N)cc(N2CCC(C(F)(F)F)CC2)n1. The molecule has 29 heavy (non-hydrogen) atoms. The van der Waals surface area contributed by atoms with Gasteiger partial charge in [0.1, 0.15) is 5.82 Å². The topological polar surface area (TPSA) is 63.4 Å². The highest BCUT2D eigenvalue weighted by molar-refractivity contribution is 5.46. The van der Waals surface area contributed by atoms with Crippen molar-refractivity contribution in [1.82, 2.24) is 10.3 Å². The summed E-state index contributed by atoms with van der Waals surface area (Å²) in [5.41, 5.74) is 6.37. The molecule has 1 saturated carbocycles. The molecule has 1 aromatic heterocycles. The van der Waals surface area contributed by atoms with Crippen LogP contribution in [0.1, 0.15) is 46.1 Å². The van der Waals surface area contributed by atoms with Gasteiger partial charge in [-0.15, -0.1) is 0 Å². The molecule has 166 valence electrons. The molecule has 2 unspecified atom stereocenters. The van der Waals surface area contributed by atoms with E-state index in [4.69, 9.17) is 10.5 Å². The van der Waals surface area contributed by atoms with Crippen molar-refractivity contribution < 1.29 is 17.9 Å². The van der Waals surface area contributed by atoms with Gasteiger partial charge in [0, 0.05) is 24.7 Å². The van der Waals surface area contributed by atoms with Gasteiger partial charge in [-0.25, -0.2) is 0 Å². The van der Waals surface area contributed by atoms with Crippen LogP contribution in [0, 0.1) is 17.8 Å². The predicted octanol–water partition coefficient (Wildman–Crippen LogP) is 3.92. The minimum Gasteiger partial charge on any atom is -0.481 e. The van der Waals surface area contributed by atoms with Crippen LogP contribution < -0.4 is 20.7 Å². The largest absolute Gasteiger partial charge is 0.481 e. The molecular weight excluding hydrogens is 381 g/mol. The first-order valence-electron chi connectivity index (χ1n) is 9.95. The first-order chi connectivity index (χ1) is 13.1. The summed E-state index contributed by atoms with van der Waals surface area (Å²) in [7, 11) is 1.51. The lowest BCUT2D eigenvalue weighted by Gasteiger charge is -2.34. The number of alkyl halides is 3. The summed E-state index contributed by atoms with van der Waals surface area (Å²) in [6.45, 7) is 7.00. The molecule has 2 atom stereocenters. The zero-order valence-electron chi connectivity index (χ0n) is 16.9. The highest BCUT2D eigenvalue weighted by atomic mass is 19.4. The van der Waals surface area contributed by atoms with Gasteiger partial charge in [0.05, 0.1) is 13.0 Å². The number of hydrogen-bond donors (Lipinski definition) is 2. The number of rotatable bonds is 3. The summed E-state index contributed by atoms with van der Waals surface area (Å²) in [6.07, 6.45) is -2.42. The molecule has 0 bridgehead atoms. The Morgan fingerprint density at radius 1 is 1.14 bits per heavy atom. The van der Waals surface area contributed by atoms with Gasteiger partial charge in [-0.05, 0) is 69.7 Å². The van der Waals surface area contributed by atoms with E-state index >= 15 is 0 Å². The zero-order valence-corrected chi connectivity index (χ0v) is 16.9. The number of anilines is 1. The Labute approximate surface area is 172 Å². The van der Waals surface area contributed by atoms with E-state index in [1.807, 2.05) is 24.8 Å². The van der Waals surface area contributed by atoms with E-state index < -0.39 is 17.6 Å². The van der Waals surface area contributed by atoms with E-state index in [9.17, 15) is 13.2 Å². The van der Waals surface area contributed by atoms with E-state index in [1.54, 1.807) is 6.07 Å². The molecule has 0 amide bonds. The van der Waals surface area contributed by atoms with Crippen molar-refractivity contribution >= 4 is 5.82 Å². The molecule has 1 aliphatic carbocycles. The van der Waals surface area contributed by atoms with Crippen molar-refractivity contribution in [3.05, 3.63) is 17.7 Å². The lowest BCUT2D eigenvalue weighted by molar-refractivity contribution is -0.179. The third-order valence-corrected chi connectivity index (χ3v) is 5.91. The van der Waals surface area contributed by atoms with Crippen molar-refractivity contribution in [3.8, 4) is 5.88 Å². The van der Waals surface area contributed by atoms with Gasteiger partial charge in [0.25, 0.3) is 0 Å². The first kappa shape index (κ1) is 23.7. The Bertz CT molecular complexity index is 659. The van der Waals surface area contributed by atoms with Gasteiger partial charge >= 0.3 is 6.18 Å². The maximum Gasteiger partial charge on any atom is 0.391 e. The number of fused-ring (bicyclic) bond motifs is 1. The summed E-state index contributed by atoms with van der Waals surface area (Å²) < 4.78 is 43.4. The van der Waals surface area contributed by atoms with Gasteiger partial charge in [-0.3, -0.25) is 0 Å². The van der Waals surface area contributed by atoms with E-state index in [2.05, 4.69) is 10.3 Å². The predicted molar refractivity (Wildman–Crippen MR) is 110 cm³/mol. The first-order valence-corrected chi connectivity index (χ1v) is 9.95. The van der Waals surface area contributed by atoms with Crippen molar-refractivity contribution in [3.63, 3.8) is 0 Å². The van der Waals surface area contributed by atoms with Crippen molar-refractivity contribution in [2.75, 3.05) is 38.2 Å². The molecule has 5 nitrogen and oxygen atoms in total. The number of methoxy groups -OCH3 is 1. The number of aromatic nitrogens is 1. The fraction of sp³-hybridized carbons (Fsp3) is 0.762. The quantitative estimate of drug-likeness (QED) is 0.782. The van der Waals surface area contributed by atoms with Gasteiger partial charge < -0.3 is 20.7 Å². The van der Waals surface area contributed by atoms with Gasteiger partial charge in [-0.1, -0.05) is 7.43 Å². The van der Waals surface area contributed by atoms with E-state index in [1.165, 1.54) is 26.6 Å². The Kier molecular flexibility index (Phi) is 7.43. The maximum absolute atomic E-state index is 12.7. The molecule has 0 spiro atoms. The molecule has 3 N–H and O–H groups in total. The molecule has 2 saturated heterocycles. The summed E-state index contributed by atoms with van der Waals surface area (Å²) in [4.78, 5) is 6.20.